The summed E-state index contributed by atoms with van der Waals surface area (Å²) in [5.41, 5.74) is 2.33. The van der Waals surface area contributed by atoms with Crippen molar-refractivity contribution in [3.05, 3.63) is 41.7 Å². The Labute approximate surface area is 119 Å². The van der Waals surface area contributed by atoms with Crippen LogP contribution in [0.3, 0.4) is 0 Å². The van der Waals surface area contributed by atoms with Gasteiger partial charge in [0.15, 0.2) is 0 Å². The fourth-order valence-corrected chi connectivity index (χ4v) is 2.63. The SMILES string of the molecule is Cc1cn(CC2Cc3ccccc3O2)c(NC(C)C)n1. The van der Waals surface area contributed by atoms with Gasteiger partial charge < -0.3 is 14.6 Å². The van der Waals surface area contributed by atoms with E-state index < -0.39 is 0 Å². The molecular weight excluding hydrogens is 250 g/mol. The number of nitrogens with zero attached hydrogens (tertiary/aromatic N) is 2. The average Bonchev–Trinajstić information content (AvgIpc) is 2.92. The predicted octanol–water partition coefficient (Wildman–Crippen LogP) is 3.02. The van der Waals surface area contributed by atoms with E-state index in [2.05, 4.69) is 47.0 Å². The molecule has 1 atom stereocenters. The van der Waals surface area contributed by atoms with Gasteiger partial charge in [0.1, 0.15) is 11.9 Å². The van der Waals surface area contributed by atoms with Crippen LogP contribution in [0.2, 0.25) is 0 Å². The molecule has 20 heavy (non-hydrogen) atoms. The van der Waals surface area contributed by atoms with Crippen molar-refractivity contribution in [2.24, 2.45) is 0 Å². The predicted molar refractivity (Wildman–Crippen MR) is 80.3 cm³/mol. The molecule has 1 aromatic carbocycles. The normalized spacial score (nSPS) is 17.1. The zero-order valence-electron chi connectivity index (χ0n) is 12.3. The Hall–Kier alpha value is -1.97. The molecule has 4 nitrogen and oxygen atoms in total. The summed E-state index contributed by atoms with van der Waals surface area (Å²) >= 11 is 0. The van der Waals surface area contributed by atoms with Gasteiger partial charge in [-0.15, -0.1) is 0 Å². The maximum Gasteiger partial charge on any atom is 0.203 e. The molecule has 0 saturated carbocycles. The Kier molecular flexibility index (Phi) is 3.38. The number of para-hydroxylation sites is 1. The van der Waals surface area contributed by atoms with Crippen LogP contribution in [-0.4, -0.2) is 21.7 Å². The van der Waals surface area contributed by atoms with Crippen molar-refractivity contribution < 1.29 is 4.74 Å². The minimum absolute atomic E-state index is 0.189. The monoisotopic (exact) mass is 271 g/mol. The van der Waals surface area contributed by atoms with E-state index in [4.69, 9.17) is 4.74 Å². The van der Waals surface area contributed by atoms with Gasteiger partial charge in [0, 0.05) is 18.7 Å². The van der Waals surface area contributed by atoms with Gasteiger partial charge in [-0.25, -0.2) is 4.98 Å². The highest BCUT2D eigenvalue weighted by atomic mass is 16.5. The highest BCUT2D eigenvalue weighted by Crippen LogP contribution is 2.29. The van der Waals surface area contributed by atoms with Gasteiger partial charge in [0.05, 0.1) is 12.2 Å². The molecule has 1 aliphatic rings. The molecule has 106 valence electrons. The van der Waals surface area contributed by atoms with Gasteiger partial charge in [-0.05, 0) is 32.4 Å². The van der Waals surface area contributed by atoms with Crippen molar-refractivity contribution in [2.75, 3.05) is 5.32 Å². The topological polar surface area (TPSA) is 39.1 Å². The standard InChI is InChI=1S/C16H21N3O/c1-11(2)17-16-18-12(3)9-19(16)10-14-8-13-6-4-5-7-15(13)20-14/h4-7,9,11,14H,8,10H2,1-3H3,(H,17,18). The minimum atomic E-state index is 0.189. The van der Waals surface area contributed by atoms with E-state index in [1.165, 1.54) is 5.56 Å². The number of ether oxygens (including phenoxy) is 1. The maximum absolute atomic E-state index is 6.00. The molecule has 4 heteroatoms. The maximum atomic E-state index is 6.00. The van der Waals surface area contributed by atoms with E-state index >= 15 is 0 Å². The Bertz CT molecular complexity index is 579. The average molecular weight is 271 g/mol. The van der Waals surface area contributed by atoms with Crippen LogP contribution in [0, 0.1) is 6.92 Å². The number of anilines is 1. The first kappa shape index (κ1) is 13.0. The molecule has 0 fully saturated rings. The third-order valence-electron chi connectivity index (χ3n) is 3.43. The second-order valence-electron chi connectivity index (χ2n) is 5.71. The number of benzene rings is 1. The van der Waals surface area contributed by atoms with Crippen LogP contribution in [0.15, 0.2) is 30.5 Å². The number of nitrogens with one attached hydrogen (secondary N) is 1. The van der Waals surface area contributed by atoms with Crippen molar-refractivity contribution in [2.45, 2.75) is 45.9 Å². The quantitative estimate of drug-likeness (QED) is 0.929. The van der Waals surface area contributed by atoms with Crippen molar-refractivity contribution in [1.29, 1.82) is 0 Å². The van der Waals surface area contributed by atoms with Crippen molar-refractivity contribution in [1.82, 2.24) is 9.55 Å². The Morgan fingerprint density at radius 2 is 2.20 bits per heavy atom. The third-order valence-corrected chi connectivity index (χ3v) is 3.43. The molecule has 0 bridgehead atoms. The van der Waals surface area contributed by atoms with Crippen LogP contribution in [0.5, 0.6) is 5.75 Å². The molecule has 2 aromatic rings. The molecule has 1 aliphatic heterocycles. The zero-order valence-corrected chi connectivity index (χ0v) is 12.3. The first-order valence-corrected chi connectivity index (χ1v) is 7.16. The Morgan fingerprint density at radius 1 is 1.40 bits per heavy atom. The number of imidazole rings is 1. The van der Waals surface area contributed by atoms with Crippen molar-refractivity contribution >= 4 is 5.95 Å². The molecular formula is C16H21N3O. The molecule has 2 heterocycles. The molecule has 0 amide bonds. The lowest BCUT2D eigenvalue weighted by atomic mass is 10.1. The zero-order chi connectivity index (χ0) is 14.1. The fraction of sp³-hybridized carbons (Fsp3) is 0.438. The molecule has 0 saturated heterocycles. The molecule has 1 unspecified atom stereocenters. The smallest absolute Gasteiger partial charge is 0.203 e. The van der Waals surface area contributed by atoms with Gasteiger partial charge in [-0.1, -0.05) is 18.2 Å². The van der Waals surface area contributed by atoms with Gasteiger partial charge >= 0.3 is 0 Å². The summed E-state index contributed by atoms with van der Waals surface area (Å²) in [4.78, 5) is 4.54. The van der Waals surface area contributed by atoms with E-state index in [1.54, 1.807) is 0 Å². The summed E-state index contributed by atoms with van der Waals surface area (Å²) in [6.07, 6.45) is 3.24. The van der Waals surface area contributed by atoms with Crippen LogP contribution in [0.4, 0.5) is 5.95 Å². The van der Waals surface area contributed by atoms with Gasteiger partial charge in [0.25, 0.3) is 0 Å². The highest BCUT2D eigenvalue weighted by Gasteiger charge is 2.23. The van der Waals surface area contributed by atoms with Crippen LogP contribution < -0.4 is 10.1 Å². The lowest BCUT2D eigenvalue weighted by Crippen LogP contribution is -2.23. The molecule has 0 aliphatic carbocycles. The number of aromatic nitrogens is 2. The largest absolute Gasteiger partial charge is 0.488 e. The van der Waals surface area contributed by atoms with E-state index in [0.29, 0.717) is 6.04 Å². The lowest BCUT2D eigenvalue weighted by molar-refractivity contribution is 0.210. The number of hydrogen-bond acceptors (Lipinski definition) is 3. The van der Waals surface area contributed by atoms with Gasteiger partial charge in [-0.3, -0.25) is 0 Å². The van der Waals surface area contributed by atoms with Crippen molar-refractivity contribution in [3.8, 4) is 5.75 Å². The van der Waals surface area contributed by atoms with Crippen LogP contribution in [0.25, 0.3) is 0 Å². The molecule has 1 N–H and O–H groups in total. The van der Waals surface area contributed by atoms with Crippen molar-refractivity contribution in [3.63, 3.8) is 0 Å². The molecule has 3 rings (SSSR count). The second kappa shape index (κ2) is 5.19. The summed E-state index contributed by atoms with van der Waals surface area (Å²) in [6, 6.07) is 8.65. The van der Waals surface area contributed by atoms with Crippen LogP contribution in [-0.2, 0) is 13.0 Å². The number of fused-ring (bicyclic) bond motifs is 1. The molecule has 0 radical (unpaired) electrons. The van der Waals surface area contributed by atoms with E-state index in [-0.39, 0.29) is 6.10 Å². The lowest BCUT2D eigenvalue weighted by Gasteiger charge is -2.15. The van der Waals surface area contributed by atoms with E-state index in [9.17, 15) is 0 Å². The summed E-state index contributed by atoms with van der Waals surface area (Å²) < 4.78 is 8.16. The number of hydrogen-bond donors (Lipinski definition) is 1. The fourth-order valence-electron chi connectivity index (χ4n) is 2.63. The van der Waals surface area contributed by atoms with Gasteiger partial charge in [-0.2, -0.15) is 0 Å². The molecule has 1 aromatic heterocycles. The van der Waals surface area contributed by atoms with Gasteiger partial charge in [0.2, 0.25) is 5.95 Å². The van der Waals surface area contributed by atoms with E-state index in [1.807, 2.05) is 19.1 Å². The Balaban J connectivity index is 1.73. The second-order valence-corrected chi connectivity index (χ2v) is 5.71. The number of rotatable bonds is 4. The summed E-state index contributed by atoms with van der Waals surface area (Å²) in [7, 11) is 0. The third kappa shape index (κ3) is 2.64. The molecule has 0 spiro atoms. The first-order valence-electron chi connectivity index (χ1n) is 7.16. The summed E-state index contributed by atoms with van der Waals surface area (Å²) in [5.74, 6) is 1.95. The van der Waals surface area contributed by atoms with E-state index in [0.717, 1.165) is 30.4 Å². The summed E-state index contributed by atoms with van der Waals surface area (Å²) in [6.45, 7) is 7.09. The minimum Gasteiger partial charge on any atom is -0.488 e. The van der Waals surface area contributed by atoms with Crippen LogP contribution in [0.1, 0.15) is 25.1 Å². The number of aryl methyl sites for hydroxylation is 1. The first-order chi connectivity index (χ1) is 9.61. The highest BCUT2D eigenvalue weighted by molar-refractivity contribution is 5.37. The van der Waals surface area contributed by atoms with Crippen LogP contribution >= 0.6 is 0 Å². The summed E-state index contributed by atoms with van der Waals surface area (Å²) in [5, 5.41) is 3.39. The Morgan fingerprint density at radius 3 is 2.95 bits per heavy atom.